The Kier molecular flexibility index (Phi) is 3.93. The van der Waals surface area contributed by atoms with Gasteiger partial charge >= 0.3 is 5.97 Å². The quantitative estimate of drug-likeness (QED) is 0.774. The van der Waals surface area contributed by atoms with Crippen LogP contribution in [0.1, 0.15) is 25.7 Å². The fourth-order valence-electron chi connectivity index (χ4n) is 2.22. The maximum Gasteiger partial charge on any atom is 0.330 e. The lowest BCUT2D eigenvalue weighted by atomic mass is 9.98. The summed E-state index contributed by atoms with van der Waals surface area (Å²) in [5.41, 5.74) is -1.06. The summed E-state index contributed by atoms with van der Waals surface area (Å²) in [5, 5.41) is 11.9. The summed E-state index contributed by atoms with van der Waals surface area (Å²) in [6, 6.07) is 0. The Balaban J connectivity index is 1.89. The SMILES string of the molecule is O=C(C[C@@H]1CCCO1)N[C@]1(C(=O)O)CCSC1. The monoisotopic (exact) mass is 259 g/mol. The highest BCUT2D eigenvalue weighted by atomic mass is 32.2. The van der Waals surface area contributed by atoms with Crippen LogP contribution in [0.25, 0.3) is 0 Å². The van der Waals surface area contributed by atoms with E-state index in [4.69, 9.17) is 4.74 Å². The van der Waals surface area contributed by atoms with Crippen LogP contribution in [0.5, 0.6) is 0 Å². The fourth-order valence-corrected chi connectivity index (χ4v) is 3.54. The molecular weight excluding hydrogens is 242 g/mol. The molecule has 6 heteroatoms. The number of carbonyl (C=O) groups excluding carboxylic acids is 1. The molecule has 0 aliphatic carbocycles. The maximum atomic E-state index is 11.8. The molecule has 2 N–H and O–H groups in total. The minimum Gasteiger partial charge on any atom is -0.479 e. The van der Waals surface area contributed by atoms with Crippen molar-refractivity contribution in [1.29, 1.82) is 0 Å². The standard InChI is InChI=1S/C11H17NO4S/c13-9(6-8-2-1-4-16-8)12-11(10(14)15)3-5-17-7-11/h8H,1-7H2,(H,12,13)(H,14,15)/t8-,11+/m0/s1. The molecule has 2 fully saturated rings. The van der Waals surface area contributed by atoms with Crippen LogP contribution in [0.4, 0.5) is 0 Å². The summed E-state index contributed by atoms with van der Waals surface area (Å²) in [6.07, 6.45) is 2.62. The second-order valence-electron chi connectivity index (χ2n) is 4.58. The molecule has 2 rings (SSSR count). The molecule has 0 aromatic carbocycles. The zero-order valence-corrected chi connectivity index (χ0v) is 10.4. The lowest BCUT2D eigenvalue weighted by Gasteiger charge is -2.25. The van der Waals surface area contributed by atoms with Crippen molar-refractivity contribution in [3.63, 3.8) is 0 Å². The Morgan fingerprint density at radius 3 is 2.88 bits per heavy atom. The molecule has 2 heterocycles. The van der Waals surface area contributed by atoms with Gasteiger partial charge in [0.2, 0.25) is 5.91 Å². The first kappa shape index (κ1) is 12.7. The van der Waals surface area contributed by atoms with Gasteiger partial charge in [0.05, 0.1) is 12.5 Å². The van der Waals surface area contributed by atoms with E-state index in [1.54, 1.807) is 11.8 Å². The molecule has 0 saturated carbocycles. The molecule has 0 bridgehead atoms. The summed E-state index contributed by atoms with van der Waals surface area (Å²) in [6.45, 7) is 0.706. The molecule has 1 amide bonds. The van der Waals surface area contributed by atoms with Gasteiger partial charge in [-0.25, -0.2) is 4.79 Å². The molecule has 0 spiro atoms. The fraction of sp³-hybridized carbons (Fsp3) is 0.818. The Morgan fingerprint density at radius 1 is 1.53 bits per heavy atom. The van der Waals surface area contributed by atoms with Crippen LogP contribution in [0.15, 0.2) is 0 Å². The van der Waals surface area contributed by atoms with Crippen LogP contribution >= 0.6 is 11.8 Å². The first-order chi connectivity index (χ1) is 8.12. The molecule has 0 aromatic rings. The Bertz CT molecular complexity index is 309. The predicted molar refractivity (Wildman–Crippen MR) is 64.0 cm³/mol. The van der Waals surface area contributed by atoms with Gasteiger partial charge in [-0.1, -0.05) is 0 Å². The highest BCUT2D eigenvalue weighted by Gasteiger charge is 2.43. The van der Waals surface area contributed by atoms with Crippen LogP contribution in [0.2, 0.25) is 0 Å². The Morgan fingerprint density at radius 2 is 2.35 bits per heavy atom. The highest BCUT2D eigenvalue weighted by molar-refractivity contribution is 7.99. The van der Waals surface area contributed by atoms with Crippen molar-refractivity contribution < 1.29 is 19.4 Å². The smallest absolute Gasteiger partial charge is 0.330 e. The molecule has 96 valence electrons. The Labute approximate surface area is 104 Å². The van der Waals surface area contributed by atoms with Crippen LogP contribution in [-0.4, -0.2) is 46.7 Å². The number of hydrogen-bond donors (Lipinski definition) is 2. The van der Waals surface area contributed by atoms with E-state index in [9.17, 15) is 14.7 Å². The summed E-state index contributed by atoms with van der Waals surface area (Å²) >= 11 is 1.57. The van der Waals surface area contributed by atoms with Crippen molar-refractivity contribution in [2.75, 3.05) is 18.1 Å². The van der Waals surface area contributed by atoms with Gasteiger partial charge in [0.1, 0.15) is 5.54 Å². The van der Waals surface area contributed by atoms with E-state index in [1.807, 2.05) is 0 Å². The number of carboxylic acids is 1. The van der Waals surface area contributed by atoms with E-state index in [0.29, 0.717) is 18.8 Å². The maximum absolute atomic E-state index is 11.8. The molecule has 0 unspecified atom stereocenters. The summed E-state index contributed by atoms with van der Waals surface area (Å²) in [7, 11) is 0. The first-order valence-corrected chi connectivity index (χ1v) is 7.02. The van der Waals surface area contributed by atoms with Crippen molar-refractivity contribution in [3.8, 4) is 0 Å². The second-order valence-corrected chi connectivity index (χ2v) is 5.68. The minimum absolute atomic E-state index is 0.0325. The number of carboxylic acid groups (broad SMARTS) is 1. The van der Waals surface area contributed by atoms with Gasteiger partial charge in [0, 0.05) is 12.4 Å². The zero-order chi connectivity index (χ0) is 12.3. The lowest BCUT2D eigenvalue weighted by Crippen LogP contribution is -2.55. The van der Waals surface area contributed by atoms with Crippen molar-refractivity contribution >= 4 is 23.6 Å². The van der Waals surface area contributed by atoms with E-state index in [2.05, 4.69) is 5.32 Å². The van der Waals surface area contributed by atoms with Gasteiger partial charge < -0.3 is 15.2 Å². The molecule has 2 aliphatic heterocycles. The van der Waals surface area contributed by atoms with Gasteiger partial charge in [-0.2, -0.15) is 11.8 Å². The van der Waals surface area contributed by atoms with Gasteiger partial charge in [-0.3, -0.25) is 4.79 Å². The molecule has 0 aromatic heterocycles. The normalized spacial score (nSPS) is 32.6. The average molecular weight is 259 g/mol. The first-order valence-electron chi connectivity index (χ1n) is 5.86. The molecule has 2 saturated heterocycles. The van der Waals surface area contributed by atoms with Crippen LogP contribution in [0.3, 0.4) is 0 Å². The summed E-state index contributed by atoms with van der Waals surface area (Å²) in [4.78, 5) is 23.0. The number of ether oxygens (including phenoxy) is 1. The number of hydrogen-bond acceptors (Lipinski definition) is 4. The molecule has 0 radical (unpaired) electrons. The van der Waals surface area contributed by atoms with Gasteiger partial charge in [-0.05, 0) is 25.0 Å². The molecule has 2 aliphatic rings. The zero-order valence-electron chi connectivity index (χ0n) is 9.61. The van der Waals surface area contributed by atoms with E-state index in [0.717, 1.165) is 18.6 Å². The van der Waals surface area contributed by atoms with Crippen LogP contribution in [-0.2, 0) is 14.3 Å². The second kappa shape index (κ2) is 5.27. The van der Waals surface area contributed by atoms with Crippen LogP contribution < -0.4 is 5.32 Å². The number of thioether (sulfide) groups is 1. The number of aliphatic carboxylic acids is 1. The third-order valence-corrected chi connectivity index (χ3v) is 4.44. The lowest BCUT2D eigenvalue weighted by molar-refractivity contribution is -0.146. The van der Waals surface area contributed by atoms with Gasteiger partial charge in [-0.15, -0.1) is 0 Å². The van der Waals surface area contributed by atoms with Crippen LogP contribution in [0, 0.1) is 0 Å². The average Bonchev–Trinajstić information content (AvgIpc) is 2.89. The number of carbonyl (C=O) groups is 2. The van der Waals surface area contributed by atoms with Crippen molar-refractivity contribution in [2.45, 2.75) is 37.3 Å². The molecule has 2 atom stereocenters. The van der Waals surface area contributed by atoms with Gasteiger partial charge in [0.15, 0.2) is 0 Å². The Hall–Kier alpha value is -0.750. The highest BCUT2D eigenvalue weighted by Crippen LogP contribution is 2.28. The van der Waals surface area contributed by atoms with E-state index < -0.39 is 11.5 Å². The predicted octanol–water partition coefficient (Wildman–Crippen LogP) is 0.632. The summed E-state index contributed by atoms with van der Waals surface area (Å²) < 4.78 is 5.37. The molecular formula is C11H17NO4S. The number of rotatable bonds is 4. The van der Waals surface area contributed by atoms with Crippen molar-refractivity contribution in [1.82, 2.24) is 5.32 Å². The van der Waals surface area contributed by atoms with Crippen molar-refractivity contribution in [3.05, 3.63) is 0 Å². The van der Waals surface area contributed by atoms with Crippen molar-refractivity contribution in [2.24, 2.45) is 0 Å². The third-order valence-electron chi connectivity index (χ3n) is 3.25. The molecule has 17 heavy (non-hydrogen) atoms. The van der Waals surface area contributed by atoms with E-state index in [-0.39, 0.29) is 18.4 Å². The summed E-state index contributed by atoms with van der Waals surface area (Å²) in [5.74, 6) is 0.108. The molecule has 5 nitrogen and oxygen atoms in total. The van der Waals surface area contributed by atoms with Gasteiger partial charge in [0.25, 0.3) is 0 Å². The van der Waals surface area contributed by atoms with E-state index >= 15 is 0 Å². The van der Waals surface area contributed by atoms with E-state index in [1.165, 1.54) is 0 Å². The minimum atomic E-state index is -1.06. The topological polar surface area (TPSA) is 75.6 Å². The number of nitrogens with one attached hydrogen (secondary N) is 1. The third kappa shape index (κ3) is 2.93. The largest absolute Gasteiger partial charge is 0.479 e. The number of amides is 1.